The van der Waals surface area contributed by atoms with Crippen LogP contribution in [0.25, 0.3) is 0 Å². The molecule has 1 atom stereocenters. The van der Waals surface area contributed by atoms with Gasteiger partial charge in [-0.3, -0.25) is 0 Å². The van der Waals surface area contributed by atoms with E-state index in [0.29, 0.717) is 5.92 Å². The Labute approximate surface area is 108 Å². The largest absolute Gasteiger partial charge is 0.396 e. The molecule has 0 amide bonds. The maximum absolute atomic E-state index is 13.3. The van der Waals surface area contributed by atoms with Crippen LogP contribution in [-0.2, 0) is 0 Å². The Morgan fingerprint density at radius 3 is 2.78 bits per heavy atom. The SMILES string of the molecule is OCCCNC(c1cccc(F)c1)C1CCCC1. The zero-order valence-electron chi connectivity index (χ0n) is 10.7. The van der Waals surface area contributed by atoms with Crippen molar-refractivity contribution in [1.29, 1.82) is 0 Å². The summed E-state index contributed by atoms with van der Waals surface area (Å²) < 4.78 is 13.3. The average Bonchev–Trinajstić information content (AvgIpc) is 2.88. The third-order valence-corrected chi connectivity index (χ3v) is 3.78. The van der Waals surface area contributed by atoms with Crippen molar-refractivity contribution in [2.24, 2.45) is 5.92 Å². The molecule has 1 fully saturated rings. The Morgan fingerprint density at radius 2 is 2.11 bits per heavy atom. The molecule has 1 unspecified atom stereocenters. The lowest BCUT2D eigenvalue weighted by Crippen LogP contribution is -2.28. The highest BCUT2D eigenvalue weighted by molar-refractivity contribution is 5.21. The van der Waals surface area contributed by atoms with Crippen molar-refractivity contribution in [3.63, 3.8) is 0 Å². The molecule has 0 heterocycles. The van der Waals surface area contributed by atoms with Crippen molar-refractivity contribution in [2.75, 3.05) is 13.2 Å². The Bertz CT molecular complexity index is 363. The highest BCUT2D eigenvalue weighted by Gasteiger charge is 2.25. The fourth-order valence-electron chi connectivity index (χ4n) is 2.88. The molecule has 0 saturated heterocycles. The smallest absolute Gasteiger partial charge is 0.123 e. The second-order valence-electron chi connectivity index (χ2n) is 5.11. The minimum Gasteiger partial charge on any atom is -0.396 e. The Morgan fingerprint density at radius 1 is 1.33 bits per heavy atom. The standard InChI is InChI=1S/C15H22FNO/c16-14-8-3-7-13(11-14)15(17-9-4-10-18)12-5-1-2-6-12/h3,7-8,11-12,15,17-18H,1-2,4-6,9-10H2. The van der Waals surface area contributed by atoms with Crippen LogP contribution >= 0.6 is 0 Å². The number of aliphatic hydroxyl groups is 1. The van der Waals surface area contributed by atoms with Crippen LogP contribution in [0.1, 0.15) is 43.7 Å². The minimum atomic E-state index is -0.167. The quantitative estimate of drug-likeness (QED) is 0.762. The van der Waals surface area contributed by atoms with Crippen LogP contribution < -0.4 is 5.32 Å². The summed E-state index contributed by atoms with van der Waals surface area (Å²) in [4.78, 5) is 0. The van der Waals surface area contributed by atoms with Gasteiger partial charge in [0.1, 0.15) is 5.82 Å². The van der Waals surface area contributed by atoms with E-state index in [-0.39, 0.29) is 18.5 Å². The average molecular weight is 251 g/mol. The molecule has 1 aromatic rings. The molecule has 2 rings (SSSR count). The number of rotatable bonds is 6. The van der Waals surface area contributed by atoms with Gasteiger partial charge in [0.25, 0.3) is 0 Å². The van der Waals surface area contributed by atoms with E-state index >= 15 is 0 Å². The highest BCUT2D eigenvalue weighted by Crippen LogP contribution is 2.35. The van der Waals surface area contributed by atoms with Crippen molar-refractivity contribution in [2.45, 2.75) is 38.1 Å². The molecule has 2 nitrogen and oxygen atoms in total. The van der Waals surface area contributed by atoms with Gasteiger partial charge in [-0.1, -0.05) is 25.0 Å². The number of hydrogen-bond acceptors (Lipinski definition) is 2. The second kappa shape index (κ2) is 6.86. The van der Waals surface area contributed by atoms with Gasteiger partial charge in [0.05, 0.1) is 0 Å². The van der Waals surface area contributed by atoms with E-state index in [0.717, 1.165) is 18.5 Å². The van der Waals surface area contributed by atoms with Crippen LogP contribution in [0.4, 0.5) is 4.39 Å². The fourth-order valence-corrected chi connectivity index (χ4v) is 2.88. The van der Waals surface area contributed by atoms with E-state index in [2.05, 4.69) is 5.32 Å². The summed E-state index contributed by atoms with van der Waals surface area (Å²) in [6, 6.07) is 7.13. The molecule has 1 saturated carbocycles. The van der Waals surface area contributed by atoms with Gasteiger partial charge in [-0.25, -0.2) is 4.39 Å². The van der Waals surface area contributed by atoms with Gasteiger partial charge in [-0.15, -0.1) is 0 Å². The lowest BCUT2D eigenvalue weighted by molar-refractivity contribution is 0.275. The van der Waals surface area contributed by atoms with Crippen molar-refractivity contribution < 1.29 is 9.50 Å². The first-order valence-corrected chi connectivity index (χ1v) is 6.91. The Balaban J connectivity index is 2.07. The van der Waals surface area contributed by atoms with E-state index < -0.39 is 0 Å². The predicted molar refractivity (Wildman–Crippen MR) is 70.8 cm³/mol. The highest BCUT2D eigenvalue weighted by atomic mass is 19.1. The van der Waals surface area contributed by atoms with E-state index in [9.17, 15) is 4.39 Å². The second-order valence-corrected chi connectivity index (χ2v) is 5.11. The van der Waals surface area contributed by atoms with Crippen molar-refractivity contribution >= 4 is 0 Å². The maximum atomic E-state index is 13.3. The van der Waals surface area contributed by atoms with Crippen LogP contribution in [0.3, 0.4) is 0 Å². The number of halogens is 1. The molecular weight excluding hydrogens is 229 g/mol. The molecule has 18 heavy (non-hydrogen) atoms. The van der Waals surface area contributed by atoms with Gasteiger partial charge in [0.2, 0.25) is 0 Å². The topological polar surface area (TPSA) is 32.3 Å². The molecule has 100 valence electrons. The zero-order chi connectivity index (χ0) is 12.8. The lowest BCUT2D eigenvalue weighted by Gasteiger charge is -2.25. The monoisotopic (exact) mass is 251 g/mol. The van der Waals surface area contributed by atoms with Crippen molar-refractivity contribution in [3.8, 4) is 0 Å². The number of nitrogens with one attached hydrogen (secondary N) is 1. The summed E-state index contributed by atoms with van der Waals surface area (Å²) in [5, 5.41) is 12.3. The van der Waals surface area contributed by atoms with E-state index in [1.807, 2.05) is 6.07 Å². The van der Waals surface area contributed by atoms with Gasteiger partial charge in [-0.2, -0.15) is 0 Å². The molecule has 2 N–H and O–H groups in total. The Hall–Kier alpha value is -0.930. The molecule has 0 aliphatic heterocycles. The molecule has 0 aromatic heterocycles. The first-order chi connectivity index (χ1) is 8.81. The third kappa shape index (κ3) is 3.53. The third-order valence-electron chi connectivity index (χ3n) is 3.78. The summed E-state index contributed by atoms with van der Waals surface area (Å²) in [6.07, 6.45) is 5.73. The molecule has 3 heteroatoms. The maximum Gasteiger partial charge on any atom is 0.123 e. The predicted octanol–water partition coefficient (Wildman–Crippen LogP) is 3.03. The molecule has 1 aliphatic rings. The first-order valence-electron chi connectivity index (χ1n) is 6.91. The van der Waals surface area contributed by atoms with Crippen molar-refractivity contribution in [3.05, 3.63) is 35.6 Å². The molecule has 1 aromatic carbocycles. The van der Waals surface area contributed by atoms with Gasteiger partial charge in [-0.05, 0) is 49.4 Å². The van der Waals surface area contributed by atoms with Gasteiger partial charge >= 0.3 is 0 Å². The summed E-state index contributed by atoms with van der Waals surface area (Å²) in [5.74, 6) is 0.435. The van der Waals surface area contributed by atoms with Crippen LogP contribution in [0.5, 0.6) is 0 Å². The molecule has 0 radical (unpaired) electrons. The van der Waals surface area contributed by atoms with E-state index in [1.54, 1.807) is 12.1 Å². The summed E-state index contributed by atoms with van der Waals surface area (Å²) >= 11 is 0. The summed E-state index contributed by atoms with van der Waals surface area (Å²) in [5.41, 5.74) is 1.04. The minimum absolute atomic E-state index is 0.167. The van der Waals surface area contributed by atoms with E-state index in [4.69, 9.17) is 5.11 Å². The van der Waals surface area contributed by atoms with Crippen LogP contribution in [-0.4, -0.2) is 18.3 Å². The first kappa shape index (κ1) is 13.5. The van der Waals surface area contributed by atoms with Crippen LogP contribution in [0.2, 0.25) is 0 Å². The zero-order valence-corrected chi connectivity index (χ0v) is 10.7. The Kier molecular flexibility index (Phi) is 5.14. The normalized spacial score (nSPS) is 18.1. The molecule has 1 aliphatic carbocycles. The number of aliphatic hydroxyl groups excluding tert-OH is 1. The van der Waals surface area contributed by atoms with Crippen LogP contribution in [0.15, 0.2) is 24.3 Å². The number of benzene rings is 1. The summed E-state index contributed by atoms with van der Waals surface area (Å²) in [6.45, 7) is 0.988. The molecular formula is C15H22FNO. The van der Waals surface area contributed by atoms with E-state index in [1.165, 1.54) is 31.7 Å². The number of hydrogen-bond donors (Lipinski definition) is 2. The van der Waals surface area contributed by atoms with Gasteiger partial charge in [0, 0.05) is 12.6 Å². The van der Waals surface area contributed by atoms with Crippen LogP contribution in [0, 0.1) is 11.7 Å². The molecule has 0 spiro atoms. The summed E-state index contributed by atoms with van der Waals surface area (Å²) in [7, 11) is 0. The van der Waals surface area contributed by atoms with Crippen molar-refractivity contribution in [1.82, 2.24) is 5.32 Å². The van der Waals surface area contributed by atoms with Gasteiger partial charge in [0.15, 0.2) is 0 Å². The molecule has 0 bridgehead atoms. The fraction of sp³-hybridized carbons (Fsp3) is 0.600. The lowest BCUT2D eigenvalue weighted by atomic mass is 9.91. The van der Waals surface area contributed by atoms with Gasteiger partial charge < -0.3 is 10.4 Å².